The van der Waals surface area contributed by atoms with Gasteiger partial charge in [-0.3, -0.25) is 0 Å². The van der Waals surface area contributed by atoms with Crippen molar-refractivity contribution < 1.29 is 9.53 Å². The summed E-state index contributed by atoms with van der Waals surface area (Å²) >= 11 is 0. The highest BCUT2D eigenvalue weighted by Gasteiger charge is 2.07. The van der Waals surface area contributed by atoms with Gasteiger partial charge in [0, 0.05) is 0 Å². The third-order valence-electron chi connectivity index (χ3n) is 1.71. The van der Waals surface area contributed by atoms with Gasteiger partial charge < -0.3 is 4.74 Å². The topological polar surface area (TPSA) is 26.3 Å². The fourth-order valence-corrected chi connectivity index (χ4v) is 1.00. The molecule has 0 saturated carbocycles. The minimum atomic E-state index is -0.434. The van der Waals surface area contributed by atoms with Crippen LogP contribution in [0, 0.1) is 0 Å². The molecule has 0 amide bonds. The van der Waals surface area contributed by atoms with Crippen molar-refractivity contribution in [2.75, 3.05) is 0 Å². The Morgan fingerprint density at radius 3 is 2.40 bits per heavy atom. The summed E-state index contributed by atoms with van der Waals surface area (Å²) in [6, 6.07) is 8.88. The maximum Gasteiger partial charge on any atom is 0.343 e. The lowest BCUT2D eigenvalue weighted by Gasteiger charge is -2.03. The van der Waals surface area contributed by atoms with Crippen LogP contribution in [0.1, 0.15) is 0 Å². The molecule has 0 aliphatic carbocycles. The third-order valence-corrected chi connectivity index (χ3v) is 1.71. The second-order valence-corrected chi connectivity index (χ2v) is 2.76. The predicted octanol–water partition coefficient (Wildman–Crippen LogP) is 2.89. The van der Waals surface area contributed by atoms with Crippen LogP contribution in [0.5, 0.6) is 5.75 Å². The van der Waals surface area contributed by atoms with Crippen LogP contribution in [-0.4, -0.2) is 5.97 Å². The highest BCUT2D eigenvalue weighted by atomic mass is 16.5. The summed E-state index contributed by atoms with van der Waals surface area (Å²) in [6.45, 7) is 7.03. The monoisotopic (exact) mass is 200 g/mol. The minimum absolute atomic E-state index is 0.383. The first-order chi connectivity index (χ1) is 7.27. The number of carbonyl (C=O) groups excluding carboxylic acids is 1. The van der Waals surface area contributed by atoms with E-state index in [1.165, 1.54) is 12.2 Å². The van der Waals surface area contributed by atoms with E-state index in [-0.39, 0.29) is 0 Å². The normalized spacial score (nSPS) is 10.5. The van der Waals surface area contributed by atoms with Gasteiger partial charge in [0.2, 0.25) is 0 Å². The van der Waals surface area contributed by atoms with Crippen LogP contribution in [0.15, 0.2) is 67.3 Å². The quantitative estimate of drug-likeness (QED) is 0.323. The summed E-state index contributed by atoms with van der Waals surface area (Å²) in [5.74, 6) is 0.0791. The minimum Gasteiger partial charge on any atom is -0.423 e. The molecule has 0 aliphatic heterocycles. The van der Waals surface area contributed by atoms with Crippen molar-refractivity contribution >= 4 is 5.97 Å². The molecule has 0 aromatic heterocycles. The first-order valence-electron chi connectivity index (χ1n) is 4.50. The van der Waals surface area contributed by atoms with Crippen LogP contribution in [0.25, 0.3) is 0 Å². The molecule has 0 radical (unpaired) electrons. The van der Waals surface area contributed by atoms with Crippen molar-refractivity contribution in [3.8, 4) is 5.75 Å². The highest BCUT2D eigenvalue weighted by molar-refractivity contribution is 5.93. The summed E-state index contributed by atoms with van der Waals surface area (Å²) in [5, 5.41) is 0. The molecule has 0 fully saturated rings. The summed E-state index contributed by atoms with van der Waals surface area (Å²) in [4.78, 5) is 11.5. The van der Waals surface area contributed by atoms with Crippen LogP contribution in [-0.2, 0) is 4.79 Å². The number of rotatable bonds is 4. The molecule has 76 valence electrons. The van der Waals surface area contributed by atoms with Crippen LogP contribution < -0.4 is 4.74 Å². The Morgan fingerprint density at radius 2 is 1.87 bits per heavy atom. The first kappa shape index (κ1) is 11.0. The van der Waals surface area contributed by atoms with Crippen molar-refractivity contribution in [2.24, 2.45) is 0 Å². The standard InChI is InChI=1S/C13H12O2/c1-3-8-11(4-2)13(14)15-12-9-6-5-7-10-12/h3-10H,1-2H2/b11-8+. The van der Waals surface area contributed by atoms with Gasteiger partial charge in [0.1, 0.15) is 5.75 Å². The number of benzene rings is 1. The Labute approximate surface area is 89.2 Å². The zero-order valence-corrected chi connectivity index (χ0v) is 8.35. The zero-order valence-electron chi connectivity index (χ0n) is 8.35. The van der Waals surface area contributed by atoms with Gasteiger partial charge in [-0.2, -0.15) is 0 Å². The predicted molar refractivity (Wildman–Crippen MR) is 60.6 cm³/mol. The van der Waals surface area contributed by atoms with Gasteiger partial charge in [0.15, 0.2) is 0 Å². The van der Waals surface area contributed by atoms with Crippen LogP contribution >= 0.6 is 0 Å². The smallest absolute Gasteiger partial charge is 0.343 e. The number of para-hydroxylation sites is 1. The average Bonchev–Trinajstić information content (AvgIpc) is 2.27. The van der Waals surface area contributed by atoms with Gasteiger partial charge in [-0.25, -0.2) is 4.79 Å². The lowest BCUT2D eigenvalue weighted by molar-refractivity contribution is -0.129. The number of carbonyl (C=O) groups is 1. The van der Waals surface area contributed by atoms with Gasteiger partial charge in [-0.15, -0.1) is 0 Å². The molecule has 1 aromatic rings. The summed E-state index contributed by atoms with van der Waals surface area (Å²) in [7, 11) is 0. The van der Waals surface area contributed by atoms with Crippen LogP contribution in [0.2, 0.25) is 0 Å². The van der Waals surface area contributed by atoms with E-state index >= 15 is 0 Å². The van der Waals surface area contributed by atoms with Gasteiger partial charge in [-0.1, -0.05) is 43.5 Å². The van der Waals surface area contributed by atoms with Crippen molar-refractivity contribution in [1.82, 2.24) is 0 Å². The number of esters is 1. The van der Waals surface area contributed by atoms with Gasteiger partial charge in [-0.05, 0) is 18.2 Å². The number of hydrogen-bond donors (Lipinski definition) is 0. The summed E-state index contributed by atoms with van der Waals surface area (Å²) in [6.07, 6.45) is 4.51. The Balaban J connectivity index is 2.75. The van der Waals surface area contributed by atoms with Crippen molar-refractivity contribution in [3.05, 3.63) is 67.3 Å². The Kier molecular flexibility index (Phi) is 4.10. The zero-order chi connectivity index (χ0) is 11.1. The highest BCUT2D eigenvalue weighted by Crippen LogP contribution is 2.11. The molecular weight excluding hydrogens is 188 g/mol. The van der Waals surface area contributed by atoms with Crippen LogP contribution in [0.3, 0.4) is 0 Å². The molecule has 2 heteroatoms. The molecule has 1 rings (SSSR count). The maximum absolute atomic E-state index is 11.5. The average molecular weight is 200 g/mol. The molecular formula is C13H12O2. The Hall–Kier alpha value is -2.09. The molecule has 0 N–H and O–H groups in total. The molecule has 0 aliphatic rings. The van der Waals surface area contributed by atoms with E-state index in [1.54, 1.807) is 30.3 Å². The molecule has 0 heterocycles. The Morgan fingerprint density at radius 1 is 1.20 bits per heavy atom. The second-order valence-electron chi connectivity index (χ2n) is 2.76. The van der Waals surface area contributed by atoms with E-state index in [1.807, 2.05) is 6.07 Å². The number of ether oxygens (including phenoxy) is 1. The van der Waals surface area contributed by atoms with Gasteiger partial charge in [0.05, 0.1) is 5.57 Å². The van der Waals surface area contributed by atoms with Crippen LogP contribution in [0.4, 0.5) is 0 Å². The van der Waals surface area contributed by atoms with Crippen molar-refractivity contribution in [1.29, 1.82) is 0 Å². The third kappa shape index (κ3) is 3.27. The summed E-state index contributed by atoms with van der Waals surface area (Å²) in [5.41, 5.74) is 0.383. The lowest BCUT2D eigenvalue weighted by Crippen LogP contribution is -2.09. The number of allylic oxidation sites excluding steroid dienone is 2. The van der Waals surface area contributed by atoms with Crippen molar-refractivity contribution in [3.63, 3.8) is 0 Å². The van der Waals surface area contributed by atoms with E-state index in [0.29, 0.717) is 11.3 Å². The SMILES string of the molecule is C=C/C=C(\C=C)C(=O)Oc1ccccc1. The maximum atomic E-state index is 11.5. The molecule has 2 nitrogen and oxygen atoms in total. The van der Waals surface area contributed by atoms with E-state index < -0.39 is 5.97 Å². The first-order valence-corrected chi connectivity index (χ1v) is 4.50. The Bertz CT molecular complexity index is 388. The van der Waals surface area contributed by atoms with E-state index in [9.17, 15) is 4.79 Å². The fourth-order valence-electron chi connectivity index (χ4n) is 1.00. The lowest BCUT2D eigenvalue weighted by atomic mass is 10.2. The molecule has 1 aromatic carbocycles. The van der Waals surface area contributed by atoms with Crippen molar-refractivity contribution in [2.45, 2.75) is 0 Å². The molecule has 15 heavy (non-hydrogen) atoms. The molecule has 0 saturated heterocycles. The van der Waals surface area contributed by atoms with E-state index in [4.69, 9.17) is 4.74 Å². The fraction of sp³-hybridized carbons (Fsp3) is 0. The largest absolute Gasteiger partial charge is 0.423 e. The molecule has 0 atom stereocenters. The molecule has 0 spiro atoms. The van der Waals surface area contributed by atoms with E-state index in [0.717, 1.165) is 0 Å². The number of hydrogen-bond acceptors (Lipinski definition) is 2. The molecule has 0 unspecified atom stereocenters. The summed E-state index contributed by atoms with van der Waals surface area (Å²) < 4.78 is 5.09. The van der Waals surface area contributed by atoms with Gasteiger partial charge in [0.25, 0.3) is 0 Å². The second kappa shape index (κ2) is 5.60. The molecule has 0 bridgehead atoms. The van der Waals surface area contributed by atoms with Gasteiger partial charge >= 0.3 is 5.97 Å². The van der Waals surface area contributed by atoms with E-state index in [2.05, 4.69) is 13.2 Å².